The lowest BCUT2D eigenvalue weighted by Gasteiger charge is -2.13. The van der Waals surface area contributed by atoms with Crippen molar-refractivity contribution in [3.63, 3.8) is 0 Å². The van der Waals surface area contributed by atoms with Crippen molar-refractivity contribution >= 4 is 6.29 Å². The lowest BCUT2D eigenvalue weighted by atomic mass is 10.1. The van der Waals surface area contributed by atoms with Gasteiger partial charge >= 0.3 is 0 Å². The molecule has 0 amide bonds. The van der Waals surface area contributed by atoms with Gasteiger partial charge in [-0.3, -0.25) is 0 Å². The van der Waals surface area contributed by atoms with Crippen LogP contribution < -0.4 is 0 Å². The standard InChI is InChI=1S/C12H14N4O/c1-2-11(8-9-17)16-12(13-14-15-16)10-6-4-3-5-7-10/h3-7,9,11H,2,8H2,1H3. The summed E-state index contributed by atoms with van der Waals surface area (Å²) in [6, 6.07) is 9.76. The van der Waals surface area contributed by atoms with Crippen molar-refractivity contribution in [2.45, 2.75) is 25.8 Å². The Morgan fingerprint density at radius 2 is 2.12 bits per heavy atom. The average Bonchev–Trinajstić information content (AvgIpc) is 2.86. The van der Waals surface area contributed by atoms with Crippen molar-refractivity contribution < 1.29 is 4.79 Å². The highest BCUT2D eigenvalue weighted by molar-refractivity contribution is 5.55. The van der Waals surface area contributed by atoms with Crippen LogP contribution in [0.4, 0.5) is 0 Å². The highest BCUT2D eigenvalue weighted by Crippen LogP contribution is 2.21. The highest BCUT2D eigenvalue weighted by atomic mass is 16.1. The quantitative estimate of drug-likeness (QED) is 0.736. The fraction of sp³-hybridized carbons (Fsp3) is 0.333. The molecule has 0 aliphatic rings. The van der Waals surface area contributed by atoms with Gasteiger partial charge in [-0.1, -0.05) is 37.3 Å². The fourth-order valence-electron chi connectivity index (χ4n) is 1.77. The van der Waals surface area contributed by atoms with Gasteiger partial charge in [0.25, 0.3) is 0 Å². The minimum Gasteiger partial charge on any atom is -0.303 e. The Labute approximate surface area is 99.5 Å². The van der Waals surface area contributed by atoms with Crippen LogP contribution in [0.1, 0.15) is 25.8 Å². The maximum atomic E-state index is 10.6. The van der Waals surface area contributed by atoms with E-state index in [4.69, 9.17) is 0 Å². The number of benzene rings is 1. The summed E-state index contributed by atoms with van der Waals surface area (Å²) in [6.45, 7) is 2.02. The first-order valence-corrected chi connectivity index (χ1v) is 5.63. The highest BCUT2D eigenvalue weighted by Gasteiger charge is 2.16. The summed E-state index contributed by atoms with van der Waals surface area (Å²) < 4.78 is 1.73. The zero-order valence-electron chi connectivity index (χ0n) is 9.65. The van der Waals surface area contributed by atoms with Crippen LogP contribution in [0.3, 0.4) is 0 Å². The van der Waals surface area contributed by atoms with Gasteiger partial charge in [-0.15, -0.1) is 5.10 Å². The predicted octanol–water partition coefficient (Wildman–Crippen LogP) is 1.88. The van der Waals surface area contributed by atoms with Gasteiger partial charge in [0, 0.05) is 12.0 Å². The van der Waals surface area contributed by atoms with Crippen LogP contribution in [0, 0.1) is 0 Å². The van der Waals surface area contributed by atoms with E-state index >= 15 is 0 Å². The molecule has 0 spiro atoms. The molecule has 2 aromatic rings. The molecule has 0 aliphatic carbocycles. The number of tetrazole rings is 1. The van der Waals surface area contributed by atoms with E-state index in [-0.39, 0.29) is 6.04 Å². The van der Waals surface area contributed by atoms with E-state index in [1.165, 1.54) is 0 Å². The molecule has 1 heterocycles. The smallest absolute Gasteiger partial charge is 0.182 e. The molecule has 0 fully saturated rings. The third kappa shape index (κ3) is 2.38. The fourth-order valence-corrected chi connectivity index (χ4v) is 1.77. The summed E-state index contributed by atoms with van der Waals surface area (Å²) in [4.78, 5) is 10.6. The third-order valence-corrected chi connectivity index (χ3v) is 2.71. The molecule has 2 rings (SSSR count). The zero-order valence-corrected chi connectivity index (χ0v) is 9.65. The van der Waals surface area contributed by atoms with E-state index in [2.05, 4.69) is 15.5 Å². The van der Waals surface area contributed by atoms with Gasteiger partial charge in [0.05, 0.1) is 6.04 Å². The molecule has 88 valence electrons. The van der Waals surface area contributed by atoms with Gasteiger partial charge in [0.1, 0.15) is 6.29 Å². The minimum absolute atomic E-state index is 0.0257. The van der Waals surface area contributed by atoms with Crippen molar-refractivity contribution in [3.8, 4) is 11.4 Å². The van der Waals surface area contributed by atoms with Crippen LogP contribution in [0.2, 0.25) is 0 Å². The molecule has 0 saturated carbocycles. The molecule has 1 atom stereocenters. The Bertz CT molecular complexity index is 480. The van der Waals surface area contributed by atoms with Crippen molar-refractivity contribution in [1.82, 2.24) is 20.2 Å². The first kappa shape index (κ1) is 11.4. The second-order valence-corrected chi connectivity index (χ2v) is 3.78. The van der Waals surface area contributed by atoms with E-state index in [1.54, 1.807) is 4.68 Å². The van der Waals surface area contributed by atoms with E-state index in [9.17, 15) is 4.79 Å². The third-order valence-electron chi connectivity index (χ3n) is 2.71. The molecule has 0 bridgehead atoms. The van der Waals surface area contributed by atoms with E-state index < -0.39 is 0 Å². The Kier molecular flexibility index (Phi) is 3.59. The summed E-state index contributed by atoms with van der Waals surface area (Å²) in [6.07, 6.45) is 2.16. The van der Waals surface area contributed by atoms with Crippen LogP contribution in [-0.2, 0) is 4.79 Å². The number of aldehydes is 1. The maximum Gasteiger partial charge on any atom is 0.182 e. The Hall–Kier alpha value is -2.04. The van der Waals surface area contributed by atoms with Crippen molar-refractivity contribution in [1.29, 1.82) is 0 Å². The molecule has 5 heteroatoms. The van der Waals surface area contributed by atoms with Crippen LogP contribution >= 0.6 is 0 Å². The monoisotopic (exact) mass is 230 g/mol. The molecule has 17 heavy (non-hydrogen) atoms. The topological polar surface area (TPSA) is 60.7 Å². The summed E-state index contributed by atoms with van der Waals surface area (Å²) in [7, 11) is 0. The first-order chi connectivity index (χ1) is 8.36. The van der Waals surface area contributed by atoms with Gasteiger partial charge in [0.15, 0.2) is 5.82 Å². The molecule has 1 aromatic carbocycles. The molecular formula is C12H14N4O. The zero-order chi connectivity index (χ0) is 12.1. The molecule has 5 nitrogen and oxygen atoms in total. The SMILES string of the molecule is CCC(CC=O)n1nnnc1-c1ccccc1. The van der Waals surface area contributed by atoms with Gasteiger partial charge in [-0.25, -0.2) is 4.68 Å². The van der Waals surface area contributed by atoms with Crippen LogP contribution in [0.5, 0.6) is 0 Å². The maximum absolute atomic E-state index is 10.6. The lowest BCUT2D eigenvalue weighted by Crippen LogP contribution is -2.12. The second kappa shape index (κ2) is 5.34. The Morgan fingerprint density at radius 3 is 2.76 bits per heavy atom. The van der Waals surface area contributed by atoms with E-state index in [0.717, 1.165) is 18.3 Å². The minimum atomic E-state index is 0.0257. The largest absolute Gasteiger partial charge is 0.303 e. The van der Waals surface area contributed by atoms with Crippen LogP contribution in [0.25, 0.3) is 11.4 Å². The summed E-state index contributed by atoms with van der Waals surface area (Å²) in [5, 5.41) is 11.7. The molecular weight excluding hydrogens is 216 g/mol. The van der Waals surface area contributed by atoms with E-state index in [0.29, 0.717) is 12.2 Å². The van der Waals surface area contributed by atoms with Crippen molar-refractivity contribution in [2.75, 3.05) is 0 Å². The molecule has 1 aromatic heterocycles. The van der Waals surface area contributed by atoms with Gasteiger partial charge in [-0.05, 0) is 16.8 Å². The number of carbonyl (C=O) groups is 1. The van der Waals surface area contributed by atoms with Crippen LogP contribution in [-0.4, -0.2) is 26.5 Å². The normalized spacial score (nSPS) is 12.3. The molecule has 0 N–H and O–H groups in total. The van der Waals surface area contributed by atoms with Gasteiger partial charge in [0.2, 0.25) is 0 Å². The van der Waals surface area contributed by atoms with Gasteiger partial charge < -0.3 is 4.79 Å². The van der Waals surface area contributed by atoms with Crippen LogP contribution in [0.15, 0.2) is 30.3 Å². The number of aromatic nitrogens is 4. The summed E-state index contributed by atoms with van der Waals surface area (Å²) in [5.74, 6) is 0.708. The number of hydrogen-bond donors (Lipinski definition) is 0. The van der Waals surface area contributed by atoms with Crippen molar-refractivity contribution in [2.24, 2.45) is 0 Å². The molecule has 0 radical (unpaired) electrons. The van der Waals surface area contributed by atoms with Crippen molar-refractivity contribution in [3.05, 3.63) is 30.3 Å². The Morgan fingerprint density at radius 1 is 1.35 bits per heavy atom. The Balaban J connectivity index is 2.37. The summed E-state index contributed by atoms with van der Waals surface area (Å²) >= 11 is 0. The second-order valence-electron chi connectivity index (χ2n) is 3.78. The molecule has 0 aliphatic heterocycles. The first-order valence-electron chi connectivity index (χ1n) is 5.63. The molecule has 0 saturated heterocycles. The van der Waals surface area contributed by atoms with E-state index in [1.807, 2.05) is 37.3 Å². The predicted molar refractivity (Wildman–Crippen MR) is 63.3 cm³/mol. The lowest BCUT2D eigenvalue weighted by molar-refractivity contribution is -0.108. The number of rotatable bonds is 5. The van der Waals surface area contributed by atoms with Gasteiger partial charge in [-0.2, -0.15) is 0 Å². The summed E-state index contributed by atoms with van der Waals surface area (Å²) in [5.41, 5.74) is 0.960. The number of carbonyl (C=O) groups excluding carboxylic acids is 1. The molecule has 1 unspecified atom stereocenters. The number of nitrogens with zero attached hydrogens (tertiary/aromatic N) is 4. The number of hydrogen-bond acceptors (Lipinski definition) is 4. The average molecular weight is 230 g/mol.